The lowest BCUT2D eigenvalue weighted by Crippen LogP contribution is -2.58. The van der Waals surface area contributed by atoms with Crippen LogP contribution in [0.4, 0.5) is 11.4 Å². The largest absolute Gasteiger partial charge is 0.469 e. The minimum absolute atomic E-state index is 0.0746. The molecule has 41 heavy (non-hydrogen) atoms. The summed E-state index contributed by atoms with van der Waals surface area (Å²) >= 11 is 6.29. The molecule has 6 rings (SSSR count). The Bertz CT molecular complexity index is 1650. The average Bonchev–Trinajstić information content (AvgIpc) is 3.35. The Morgan fingerprint density at radius 2 is 1.76 bits per heavy atom. The normalized spacial score (nSPS) is 17.5. The van der Waals surface area contributed by atoms with E-state index in [1.165, 1.54) is 68.0 Å². The number of esters is 1. The van der Waals surface area contributed by atoms with Crippen LogP contribution < -0.4 is 15.5 Å². The summed E-state index contributed by atoms with van der Waals surface area (Å²) in [6.45, 7) is 9.44. The number of methoxy groups -OCH3 is 1. The number of alkyl halides is 1. The minimum Gasteiger partial charge on any atom is -0.469 e. The van der Waals surface area contributed by atoms with E-state index in [1.807, 2.05) is 0 Å². The number of nitrogens with zero attached hydrogens (tertiary/aromatic N) is 1. The second-order valence-electron chi connectivity index (χ2n) is 12.1. The van der Waals surface area contributed by atoms with E-state index in [0.717, 1.165) is 25.1 Å². The van der Waals surface area contributed by atoms with E-state index in [0.29, 0.717) is 18.7 Å². The van der Waals surface area contributed by atoms with Gasteiger partial charge in [-0.25, -0.2) is 0 Å². The van der Waals surface area contributed by atoms with Crippen LogP contribution in [-0.2, 0) is 35.3 Å². The number of rotatable bonds is 7. The van der Waals surface area contributed by atoms with Gasteiger partial charge in [-0.05, 0) is 115 Å². The molecule has 4 aromatic carbocycles. The van der Waals surface area contributed by atoms with Crippen LogP contribution in [0.15, 0.2) is 60.7 Å². The Balaban J connectivity index is 1.58. The van der Waals surface area contributed by atoms with Crippen molar-refractivity contribution in [3.8, 4) is 0 Å². The molecule has 0 saturated heterocycles. The van der Waals surface area contributed by atoms with Crippen molar-refractivity contribution in [2.45, 2.75) is 59.9 Å². The summed E-state index contributed by atoms with van der Waals surface area (Å²) in [6, 6.07) is 21.9. The molecule has 0 aromatic heterocycles. The number of carbonyl (C=O) groups is 1. The topological polar surface area (TPSA) is 41.6 Å². The third-order valence-electron chi connectivity index (χ3n) is 9.31. The molecule has 6 heteroatoms. The summed E-state index contributed by atoms with van der Waals surface area (Å²) < 4.78 is 5.28. The maximum absolute atomic E-state index is 12.9. The predicted octanol–water partition coefficient (Wildman–Crippen LogP) is 7.04. The molecule has 1 aliphatic heterocycles. The standard InChI is InChI=1S/C35H38BClN2O2/c1-22-17-26-13-9-15-30-32(26)31(18-22)39(21-25-11-7-6-8-12-25)36(38-30)33-24(3)29-20-35(4,34(40)41-5)19-28(29)23(2)27(33)14-10-16-37/h6-9,11-13,15,17-18,38H,10,14,16,19-21H2,1-5H3. The SMILES string of the molecule is COC(=O)C1(C)Cc2c(C)c(CCCCl)c(B3Nc4cccc5cc(C)cc(c45)N3Cc3ccccc3)c(C)c2C1. The summed E-state index contributed by atoms with van der Waals surface area (Å²) in [7, 11) is 1.50. The number of benzene rings is 4. The van der Waals surface area contributed by atoms with Crippen molar-refractivity contribution < 1.29 is 9.53 Å². The molecule has 210 valence electrons. The number of halogens is 1. The van der Waals surface area contributed by atoms with Gasteiger partial charge in [-0.2, -0.15) is 0 Å². The molecule has 4 nitrogen and oxygen atoms in total. The monoisotopic (exact) mass is 564 g/mol. The van der Waals surface area contributed by atoms with Crippen molar-refractivity contribution in [3.05, 3.63) is 99.6 Å². The zero-order valence-corrected chi connectivity index (χ0v) is 25.5. The van der Waals surface area contributed by atoms with Crippen LogP contribution in [-0.4, -0.2) is 25.9 Å². The number of anilines is 2. The van der Waals surface area contributed by atoms with Gasteiger partial charge in [0, 0.05) is 29.2 Å². The molecule has 0 amide bonds. The van der Waals surface area contributed by atoms with Crippen molar-refractivity contribution in [1.29, 1.82) is 0 Å². The molecular formula is C35H38BClN2O2. The molecule has 0 saturated carbocycles. The third kappa shape index (κ3) is 4.68. The van der Waals surface area contributed by atoms with Gasteiger partial charge >= 0.3 is 13.0 Å². The third-order valence-corrected chi connectivity index (χ3v) is 9.57. The molecule has 4 aromatic rings. The van der Waals surface area contributed by atoms with Crippen LogP contribution in [0, 0.1) is 26.2 Å². The van der Waals surface area contributed by atoms with Gasteiger partial charge in [0.05, 0.1) is 12.5 Å². The Morgan fingerprint density at radius 1 is 1.02 bits per heavy atom. The first kappa shape index (κ1) is 27.7. The second kappa shape index (κ2) is 10.8. The van der Waals surface area contributed by atoms with Gasteiger partial charge in [0.25, 0.3) is 0 Å². The van der Waals surface area contributed by atoms with E-state index >= 15 is 0 Å². The number of carbonyl (C=O) groups excluding carboxylic acids is 1. The second-order valence-corrected chi connectivity index (χ2v) is 12.5. The van der Waals surface area contributed by atoms with E-state index in [1.54, 1.807) is 0 Å². The number of hydrogen-bond donors (Lipinski definition) is 1. The summed E-state index contributed by atoms with van der Waals surface area (Å²) in [6.07, 6.45) is 3.21. The van der Waals surface area contributed by atoms with Crippen molar-refractivity contribution in [2.24, 2.45) is 5.41 Å². The van der Waals surface area contributed by atoms with E-state index in [4.69, 9.17) is 16.3 Å². The maximum Gasteiger partial charge on any atom is 0.409 e. The van der Waals surface area contributed by atoms with Crippen LogP contribution in [0.5, 0.6) is 0 Å². The molecular weight excluding hydrogens is 527 g/mol. The van der Waals surface area contributed by atoms with E-state index in [-0.39, 0.29) is 13.0 Å². The zero-order valence-electron chi connectivity index (χ0n) is 24.7. The van der Waals surface area contributed by atoms with Gasteiger partial charge in [-0.15, -0.1) is 11.6 Å². The predicted molar refractivity (Wildman–Crippen MR) is 173 cm³/mol. The fourth-order valence-electron chi connectivity index (χ4n) is 7.32. The van der Waals surface area contributed by atoms with Gasteiger partial charge in [0.1, 0.15) is 0 Å². The molecule has 0 bridgehead atoms. The summed E-state index contributed by atoms with van der Waals surface area (Å²) in [5.74, 6) is 0.483. The van der Waals surface area contributed by atoms with E-state index < -0.39 is 5.41 Å². The number of hydrogen-bond acceptors (Lipinski definition) is 4. The molecule has 2 aliphatic rings. The highest BCUT2D eigenvalue weighted by atomic mass is 35.5. The first-order valence-electron chi connectivity index (χ1n) is 14.6. The van der Waals surface area contributed by atoms with Gasteiger partial charge in [-0.3, -0.25) is 4.79 Å². The molecule has 1 aliphatic carbocycles. The molecule has 1 heterocycles. The first-order chi connectivity index (χ1) is 19.8. The fourth-order valence-corrected chi connectivity index (χ4v) is 7.45. The summed E-state index contributed by atoms with van der Waals surface area (Å²) in [5.41, 5.74) is 12.3. The van der Waals surface area contributed by atoms with Crippen LogP contribution in [0.3, 0.4) is 0 Å². The smallest absolute Gasteiger partial charge is 0.409 e. The van der Waals surface area contributed by atoms with Crippen molar-refractivity contribution in [3.63, 3.8) is 0 Å². The quantitative estimate of drug-likeness (QED) is 0.148. The van der Waals surface area contributed by atoms with Crippen molar-refractivity contribution in [2.75, 3.05) is 23.0 Å². The van der Waals surface area contributed by atoms with Crippen molar-refractivity contribution in [1.82, 2.24) is 0 Å². The fraction of sp³-hybridized carbons (Fsp3) is 0.343. The highest BCUT2D eigenvalue weighted by molar-refractivity contribution is 6.81. The van der Waals surface area contributed by atoms with Crippen LogP contribution in [0.25, 0.3) is 10.8 Å². The lowest BCUT2D eigenvalue weighted by atomic mass is 9.58. The summed E-state index contributed by atoms with van der Waals surface area (Å²) in [4.78, 5) is 15.5. The average molecular weight is 565 g/mol. The van der Waals surface area contributed by atoms with E-state index in [9.17, 15) is 4.79 Å². The number of ether oxygens (including phenoxy) is 1. The molecule has 1 atom stereocenters. The van der Waals surface area contributed by atoms with Crippen LogP contribution in [0.2, 0.25) is 0 Å². The molecule has 0 fully saturated rings. The highest BCUT2D eigenvalue weighted by Crippen LogP contribution is 2.43. The van der Waals surface area contributed by atoms with E-state index in [2.05, 4.69) is 98.4 Å². The number of fused-ring (bicyclic) bond motifs is 1. The zero-order chi connectivity index (χ0) is 28.9. The Hall–Kier alpha value is -3.44. The Labute approximate surface area is 249 Å². The molecule has 1 N–H and O–H groups in total. The molecule has 1 unspecified atom stereocenters. The minimum atomic E-state index is -0.548. The Kier molecular flexibility index (Phi) is 7.27. The summed E-state index contributed by atoms with van der Waals surface area (Å²) in [5, 5.41) is 6.51. The number of nitrogens with one attached hydrogen (secondary N) is 1. The van der Waals surface area contributed by atoms with Gasteiger partial charge in [0.2, 0.25) is 0 Å². The van der Waals surface area contributed by atoms with Gasteiger partial charge < -0.3 is 14.8 Å². The molecule has 0 spiro atoms. The molecule has 0 radical (unpaired) electrons. The lowest BCUT2D eigenvalue weighted by Gasteiger charge is -2.40. The van der Waals surface area contributed by atoms with Gasteiger partial charge in [0.15, 0.2) is 0 Å². The highest BCUT2D eigenvalue weighted by Gasteiger charge is 2.45. The van der Waals surface area contributed by atoms with Crippen LogP contribution in [0.1, 0.15) is 52.3 Å². The van der Waals surface area contributed by atoms with Crippen molar-refractivity contribution >= 4 is 52.2 Å². The Morgan fingerprint density at radius 3 is 2.46 bits per heavy atom. The number of aryl methyl sites for hydroxylation is 1. The van der Waals surface area contributed by atoms with Crippen LogP contribution >= 0.6 is 11.6 Å². The lowest BCUT2D eigenvalue weighted by molar-refractivity contribution is -0.151. The first-order valence-corrected chi connectivity index (χ1v) is 15.2. The van der Waals surface area contributed by atoms with Gasteiger partial charge in [-0.1, -0.05) is 48.5 Å². The maximum atomic E-state index is 12.9.